The van der Waals surface area contributed by atoms with Gasteiger partial charge in [0.2, 0.25) is 0 Å². The van der Waals surface area contributed by atoms with E-state index in [1.54, 1.807) is 12.1 Å². The Hall–Kier alpha value is -1.59. The Kier molecular flexibility index (Phi) is 5.93. The second-order valence-corrected chi connectivity index (χ2v) is 9.06. The average molecular weight is 452 g/mol. The summed E-state index contributed by atoms with van der Waals surface area (Å²) in [4.78, 5) is 18.3. The Bertz CT molecular complexity index is 1010. The Balaban J connectivity index is 1.77. The molecule has 0 saturated heterocycles. The number of benzene rings is 2. The van der Waals surface area contributed by atoms with Crippen LogP contribution in [0, 0.1) is 0 Å². The minimum Gasteiger partial charge on any atom is -0.347 e. The molecule has 0 radical (unpaired) electrons. The van der Waals surface area contributed by atoms with Crippen molar-refractivity contribution in [2.45, 2.75) is 31.7 Å². The summed E-state index contributed by atoms with van der Waals surface area (Å²) in [7, 11) is 0. The zero-order chi connectivity index (χ0) is 19.7. The number of rotatable bonds is 4. The molecule has 0 bridgehead atoms. The van der Waals surface area contributed by atoms with Gasteiger partial charge in [0.15, 0.2) is 5.01 Å². The number of hydrogen-bond donors (Lipinski definition) is 1. The van der Waals surface area contributed by atoms with E-state index in [2.05, 4.69) is 10.3 Å². The summed E-state index contributed by atoms with van der Waals surface area (Å²) in [6, 6.07) is 13.0. The highest BCUT2D eigenvalue weighted by Gasteiger charge is 2.24. The lowest BCUT2D eigenvalue weighted by atomic mass is 10.1. The fraction of sp³-hybridized carbons (Fsp3) is 0.238. The summed E-state index contributed by atoms with van der Waals surface area (Å²) in [5.41, 5.74) is 2.35. The van der Waals surface area contributed by atoms with Gasteiger partial charge in [0.05, 0.1) is 15.6 Å². The molecule has 4 rings (SSSR count). The van der Waals surface area contributed by atoms with Crippen molar-refractivity contribution in [3.63, 3.8) is 0 Å². The highest BCUT2D eigenvalue weighted by atomic mass is 35.5. The van der Waals surface area contributed by atoms with Crippen molar-refractivity contribution in [2.75, 3.05) is 0 Å². The smallest absolute Gasteiger partial charge is 0.280 e. The zero-order valence-corrected chi connectivity index (χ0v) is 17.9. The maximum atomic E-state index is 12.8. The Morgan fingerprint density at radius 3 is 2.36 bits per heavy atom. The van der Waals surface area contributed by atoms with E-state index < -0.39 is 0 Å². The summed E-state index contributed by atoms with van der Waals surface area (Å²) in [5, 5.41) is 5.23. The van der Waals surface area contributed by atoms with E-state index in [9.17, 15) is 4.79 Å². The Labute approximate surface area is 182 Å². The summed E-state index contributed by atoms with van der Waals surface area (Å²) in [5.74, 6) is -0.136. The summed E-state index contributed by atoms with van der Waals surface area (Å²) < 4.78 is 0. The molecular formula is C21H17Cl3N2OS. The number of carbonyl (C=O) groups is 1. The third-order valence-corrected chi connectivity index (χ3v) is 6.71. The zero-order valence-electron chi connectivity index (χ0n) is 14.8. The van der Waals surface area contributed by atoms with Crippen LogP contribution in [0.5, 0.6) is 0 Å². The molecule has 1 aliphatic rings. The molecule has 2 aromatic carbocycles. The van der Waals surface area contributed by atoms with E-state index in [0.29, 0.717) is 25.8 Å². The first-order valence-corrected chi connectivity index (χ1v) is 11.0. The lowest BCUT2D eigenvalue weighted by Crippen LogP contribution is -2.32. The van der Waals surface area contributed by atoms with E-state index in [1.165, 1.54) is 11.3 Å². The molecule has 1 aliphatic carbocycles. The van der Waals surface area contributed by atoms with Crippen molar-refractivity contribution in [1.82, 2.24) is 10.3 Å². The quantitative estimate of drug-likeness (QED) is 0.459. The van der Waals surface area contributed by atoms with E-state index >= 15 is 0 Å². The molecule has 1 saturated carbocycles. The van der Waals surface area contributed by atoms with Gasteiger partial charge in [0, 0.05) is 21.7 Å². The predicted octanol–water partition coefficient (Wildman–Crippen LogP) is 7.11. The largest absolute Gasteiger partial charge is 0.347 e. The number of amides is 1. The van der Waals surface area contributed by atoms with Gasteiger partial charge >= 0.3 is 0 Å². The minimum absolute atomic E-state index is 0.136. The van der Waals surface area contributed by atoms with Crippen LogP contribution >= 0.6 is 46.1 Å². The van der Waals surface area contributed by atoms with Crippen molar-refractivity contribution in [2.24, 2.45) is 0 Å². The molecule has 1 aromatic heterocycles. The predicted molar refractivity (Wildman–Crippen MR) is 118 cm³/mol. The molecular weight excluding hydrogens is 435 g/mol. The number of nitrogens with one attached hydrogen (secondary N) is 1. The highest BCUT2D eigenvalue weighted by Crippen LogP contribution is 2.40. The number of aromatic nitrogens is 1. The van der Waals surface area contributed by atoms with E-state index in [-0.39, 0.29) is 11.9 Å². The van der Waals surface area contributed by atoms with Crippen LogP contribution in [0.4, 0.5) is 0 Å². The highest BCUT2D eigenvalue weighted by molar-refractivity contribution is 7.17. The lowest BCUT2D eigenvalue weighted by Gasteiger charge is -2.09. The molecule has 1 amide bonds. The molecule has 0 spiro atoms. The Morgan fingerprint density at radius 2 is 1.68 bits per heavy atom. The van der Waals surface area contributed by atoms with Gasteiger partial charge in [-0.3, -0.25) is 4.79 Å². The van der Waals surface area contributed by atoms with E-state index in [4.69, 9.17) is 34.8 Å². The van der Waals surface area contributed by atoms with Gasteiger partial charge < -0.3 is 5.32 Å². The normalized spacial score (nSPS) is 14.4. The fourth-order valence-electron chi connectivity index (χ4n) is 3.40. The molecule has 3 nitrogen and oxygen atoms in total. The van der Waals surface area contributed by atoms with Crippen LogP contribution in [0.1, 0.15) is 35.5 Å². The first-order valence-electron chi connectivity index (χ1n) is 9.04. The molecule has 7 heteroatoms. The van der Waals surface area contributed by atoms with Crippen molar-refractivity contribution >= 4 is 52.0 Å². The molecule has 1 N–H and O–H groups in total. The second-order valence-electron chi connectivity index (χ2n) is 6.78. The van der Waals surface area contributed by atoms with Crippen LogP contribution in [-0.4, -0.2) is 16.9 Å². The maximum absolute atomic E-state index is 12.8. The molecule has 28 heavy (non-hydrogen) atoms. The molecule has 0 unspecified atom stereocenters. The first-order chi connectivity index (χ1) is 13.5. The van der Waals surface area contributed by atoms with Crippen LogP contribution in [-0.2, 0) is 0 Å². The van der Waals surface area contributed by atoms with Crippen LogP contribution < -0.4 is 5.32 Å². The third kappa shape index (κ3) is 4.20. The van der Waals surface area contributed by atoms with Crippen molar-refractivity contribution < 1.29 is 4.79 Å². The van der Waals surface area contributed by atoms with Crippen molar-refractivity contribution in [1.29, 1.82) is 0 Å². The third-order valence-electron chi connectivity index (χ3n) is 4.80. The molecule has 1 heterocycles. The monoisotopic (exact) mass is 450 g/mol. The van der Waals surface area contributed by atoms with Gasteiger partial charge in [-0.1, -0.05) is 59.8 Å². The van der Waals surface area contributed by atoms with Crippen molar-refractivity contribution in [3.05, 3.63) is 62.5 Å². The van der Waals surface area contributed by atoms with Gasteiger partial charge in [-0.25, -0.2) is 4.98 Å². The van der Waals surface area contributed by atoms with Gasteiger partial charge in [-0.05, 0) is 48.7 Å². The number of nitrogens with zero attached hydrogens (tertiary/aromatic N) is 1. The standard InChI is InChI=1S/C21H17Cl3N2OS/c22-13-7-5-12(6-8-13)19-18(16-10-9-14(23)11-17(16)24)26-21(28-19)20(27)25-15-3-1-2-4-15/h5-11,15H,1-4H2,(H,25,27). The van der Waals surface area contributed by atoms with E-state index in [1.807, 2.05) is 30.3 Å². The van der Waals surface area contributed by atoms with Gasteiger partial charge in [0.25, 0.3) is 5.91 Å². The first kappa shape index (κ1) is 19.7. The van der Waals surface area contributed by atoms with Gasteiger partial charge in [-0.2, -0.15) is 0 Å². The average Bonchev–Trinajstić information content (AvgIpc) is 3.32. The van der Waals surface area contributed by atoms with Crippen LogP contribution in [0.3, 0.4) is 0 Å². The fourth-order valence-corrected chi connectivity index (χ4v) is 5.01. The molecule has 3 aromatic rings. The summed E-state index contributed by atoms with van der Waals surface area (Å²) in [6.45, 7) is 0. The maximum Gasteiger partial charge on any atom is 0.280 e. The summed E-state index contributed by atoms with van der Waals surface area (Å²) in [6.07, 6.45) is 4.36. The van der Waals surface area contributed by atoms with Crippen molar-refractivity contribution in [3.8, 4) is 21.7 Å². The summed E-state index contributed by atoms with van der Waals surface area (Å²) >= 11 is 19.9. The van der Waals surface area contributed by atoms with Crippen LogP contribution in [0.2, 0.25) is 15.1 Å². The SMILES string of the molecule is O=C(NC1CCCC1)c1nc(-c2ccc(Cl)cc2Cl)c(-c2ccc(Cl)cc2)s1. The number of carbonyl (C=O) groups excluding carboxylic acids is 1. The van der Waals surface area contributed by atoms with Gasteiger partial charge in [-0.15, -0.1) is 11.3 Å². The van der Waals surface area contributed by atoms with E-state index in [0.717, 1.165) is 41.7 Å². The number of thiazole rings is 1. The van der Waals surface area contributed by atoms with Crippen LogP contribution in [0.25, 0.3) is 21.7 Å². The Morgan fingerprint density at radius 1 is 1.00 bits per heavy atom. The number of halogens is 3. The molecule has 144 valence electrons. The minimum atomic E-state index is -0.136. The van der Waals surface area contributed by atoms with Crippen LogP contribution in [0.15, 0.2) is 42.5 Å². The lowest BCUT2D eigenvalue weighted by molar-refractivity contribution is 0.0937. The van der Waals surface area contributed by atoms with Gasteiger partial charge in [0.1, 0.15) is 0 Å². The molecule has 0 aliphatic heterocycles. The molecule has 1 fully saturated rings. The molecule has 0 atom stereocenters. The number of hydrogen-bond acceptors (Lipinski definition) is 3. The topological polar surface area (TPSA) is 42.0 Å². The second kappa shape index (κ2) is 8.42.